The fraction of sp³-hybridized carbons (Fsp3) is 0.125. The van der Waals surface area contributed by atoms with Gasteiger partial charge in [0.25, 0.3) is 0 Å². The van der Waals surface area contributed by atoms with Gasteiger partial charge in [-0.1, -0.05) is 42.1 Å². The number of benzene rings is 2. The summed E-state index contributed by atoms with van der Waals surface area (Å²) in [5.41, 5.74) is 3.81. The van der Waals surface area contributed by atoms with Crippen LogP contribution in [0.5, 0.6) is 0 Å². The Bertz CT molecular complexity index is 749. The minimum atomic E-state index is -0.0326. The summed E-state index contributed by atoms with van der Waals surface area (Å²) in [7, 11) is 0. The third-order valence-electron chi connectivity index (χ3n) is 3.13. The molecule has 0 unspecified atom stereocenters. The Labute approximate surface area is 127 Å². The molecule has 2 aromatic carbocycles. The SMILES string of the molecule is Cc1ccccc1NC(=O)CSc1nc2ccccc2[nH]1. The van der Waals surface area contributed by atoms with Crippen LogP contribution in [-0.2, 0) is 4.79 Å². The van der Waals surface area contributed by atoms with E-state index in [1.165, 1.54) is 11.8 Å². The molecular weight excluding hydrogens is 282 g/mol. The molecule has 4 nitrogen and oxygen atoms in total. The molecule has 1 amide bonds. The number of hydrogen-bond donors (Lipinski definition) is 2. The number of hydrogen-bond acceptors (Lipinski definition) is 3. The topological polar surface area (TPSA) is 57.8 Å². The van der Waals surface area contributed by atoms with Crippen molar-refractivity contribution in [1.29, 1.82) is 0 Å². The molecule has 0 saturated heterocycles. The minimum absolute atomic E-state index is 0.0326. The van der Waals surface area contributed by atoms with E-state index in [9.17, 15) is 4.79 Å². The zero-order valence-corrected chi connectivity index (χ0v) is 12.4. The zero-order chi connectivity index (χ0) is 14.7. The Kier molecular flexibility index (Phi) is 3.92. The lowest BCUT2D eigenvalue weighted by Gasteiger charge is -2.06. The number of imidazole rings is 1. The maximum Gasteiger partial charge on any atom is 0.234 e. The van der Waals surface area contributed by atoms with Crippen molar-refractivity contribution < 1.29 is 4.79 Å². The molecule has 21 heavy (non-hydrogen) atoms. The number of nitrogens with one attached hydrogen (secondary N) is 2. The van der Waals surface area contributed by atoms with E-state index in [0.29, 0.717) is 5.75 Å². The summed E-state index contributed by atoms with van der Waals surface area (Å²) in [6.45, 7) is 1.97. The smallest absolute Gasteiger partial charge is 0.234 e. The number of carbonyl (C=O) groups is 1. The summed E-state index contributed by atoms with van der Waals surface area (Å²) in [6, 6.07) is 15.6. The van der Waals surface area contributed by atoms with Crippen LogP contribution in [0.2, 0.25) is 0 Å². The summed E-state index contributed by atoms with van der Waals surface area (Å²) >= 11 is 1.40. The lowest BCUT2D eigenvalue weighted by atomic mass is 10.2. The molecule has 5 heteroatoms. The van der Waals surface area contributed by atoms with E-state index in [-0.39, 0.29) is 5.91 Å². The summed E-state index contributed by atoms with van der Waals surface area (Å²) in [4.78, 5) is 19.6. The fourth-order valence-electron chi connectivity index (χ4n) is 2.03. The molecule has 0 bridgehead atoms. The maximum atomic E-state index is 12.0. The first-order valence-corrected chi connectivity index (χ1v) is 7.64. The Balaban J connectivity index is 1.62. The van der Waals surface area contributed by atoms with Crippen LogP contribution < -0.4 is 5.32 Å². The van der Waals surface area contributed by atoms with Gasteiger partial charge in [0, 0.05) is 5.69 Å². The second kappa shape index (κ2) is 6.01. The van der Waals surface area contributed by atoms with Crippen LogP contribution >= 0.6 is 11.8 Å². The highest BCUT2D eigenvalue weighted by atomic mass is 32.2. The van der Waals surface area contributed by atoms with Gasteiger partial charge < -0.3 is 10.3 Å². The van der Waals surface area contributed by atoms with Crippen molar-refractivity contribution in [2.45, 2.75) is 12.1 Å². The van der Waals surface area contributed by atoms with E-state index in [2.05, 4.69) is 15.3 Å². The summed E-state index contributed by atoms with van der Waals surface area (Å²) in [5.74, 6) is 0.295. The molecule has 0 atom stereocenters. The Morgan fingerprint density at radius 1 is 1.19 bits per heavy atom. The standard InChI is InChI=1S/C16H15N3OS/c1-11-6-2-3-7-12(11)17-15(20)10-21-16-18-13-8-4-5-9-14(13)19-16/h2-9H,10H2,1H3,(H,17,20)(H,18,19). The molecule has 0 fully saturated rings. The number of thioether (sulfide) groups is 1. The Hall–Kier alpha value is -2.27. The Morgan fingerprint density at radius 2 is 1.95 bits per heavy atom. The molecular formula is C16H15N3OS. The molecule has 0 aliphatic rings. The van der Waals surface area contributed by atoms with Gasteiger partial charge >= 0.3 is 0 Å². The van der Waals surface area contributed by atoms with Crippen molar-refractivity contribution in [2.24, 2.45) is 0 Å². The number of anilines is 1. The van der Waals surface area contributed by atoms with Gasteiger partial charge in [-0.2, -0.15) is 0 Å². The number of H-pyrrole nitrogens is 1. The largest absolute Gasteiger partial charge is 0.333 e. The molecule has 1 aromatic heterocycles. The van der Waals surface area contributed by atoms with E-state index < -0.39 is 0 Å². The average molecular weight is 297 g/mol. The van der Waals surface area contributed by atoms with Crippen LogP contribution in [0.3, 0.4) is 0 Å². The van der Waals surface area contributed by atoms with E-state index in [1.807, 2.05) is 55.5 Å². The number of fused-ring (bicyclic) bond motifs is 1. The molecule has 0 aliphatic carbocycles. The second-order valence-electron chi connectivity index (χ2n) is 4.71. The number of carbonyl (C=O) groups excluding carboxylic acids is 1. The summed E-state index contributed by atoms with van der Waals surface area (Å²) < 4.78 is 0. The van der Waals surface area contributed by atoms with Crippen LogP contribution in [0.1, 0.15) is 5.56 Å². The lowest BCUT2D eigenvalue weighted by Crippen LogP contribution is -2.14. The molecule has 1 heterocycles. The first-order valence-electron chi connectivity index (χ1n) is 6.65. The number of nitrogens with zero attached hydrogens (tertiary/aromatic N) is 1. The first kappa shape index (κ1) is 13.7. The molecule has 0 spiro atoms. The van der Waals surface area contributed by atoms with Gasteiger partial charge in [0.1, 0.15) is 0 Å². The predicted octanol–water partition coefficient (Wildman–Crippen LogP) is 3.60. The number of aryl methyl sites for hydroxylation is 1. The van der Waals surface area contributed by atoms with Gasteiger partial charge in [-0.15, -0.1) is 0 Å². The Morgan fingerprint density at radius 3 is 2.76 bits per heavy atom. The quantitative estimate of drug-likeness (QED) is 0.723. The normalized spacial score (nSPS) is 10.7. The number of para-hydroxylation sites is 3. The number of amides is 1. The van der Waals surface area contributed by atoms with Crippen LogP contribution in [0.4, 0.5) is 5.69 Å². The number of aromatic nitrogens is 2. The fourth-order valence-corrected chi connectivity index (χ4v) is 2.72. The lowest BCUT2D eigenvalue weighted by molar-refractivity contribution is -0.113. The van der Waals surface area contributed by atoms with Crippen LogP contribution in [0, 0.1) is 6.92 Å². The van der Waals surface area contributed by atoms with E-state index >= 15 is 0 Å². The molecule has 3 rings (SSSR count). The van der Waals surface area contributed by atoms with Crippen molar-refractivity contribution in [3.63, 3.8) is 0 Å². The molecule has 0 saturated carbocycles. The van der Waals surface area contributed by atoms with Gasteiger partial charge in [-0.3, -0.25) is 4.79 Å². The summed E-state index contributed by atoms with van der Waals surface area (Å²) in [5, 5.41) is 3.67. The van der Waals surface area contributed by atoms with Crippen molar-refractivity contribution >= 4 is 34.4 Å². The van der Waals surface area contributed by atoms with Gasteiger partial charge in [0.05, 0.1) is 16.8 Å². The molecule has 2 N–H and O–H groups in total. The average Bonchev–Trinajstić information content (AvgIpc) is 2.90. The third kappa shape index (κ3) is 3.25. The van der Waals surface area contributed by atoms with Crippen LogP contribution in [0.25, 0.3) is 11.0 Å². The molecule has 106 valence electrons. The molecule has 3 aromatic rings. The van der Waals surface area contributed by atoms with E-state index in [1.54, 1.807) is 0 Å². The van der Waals surface area contributed by atoms with Crippen molar-refractivity contribution in [2.75, 3.05) is 11.1 Å². The highest BCUT2D eigenvalue weighted by molar-refractivity contribution is 7.99. The van der Waals surface area contributed by atoms with Crippen molar-refractivity contribution in [3.8, 4) is 0 Å². The van der Waals surface area contributed by atoms with Crippen LogP contribution in [0.15, 0.2) is 53.7 Å². The monoisotopic (exact) mass is 297 g/mol. The molecule has 0 radical (unpaired) electrons. The highest BCUT2D eigenvalue weighted by Gasteiger charge is 2.08. The zero-order valence-electron chi connectivity index (χ0n) is 11.6. The number of aromatic amines is 1. The van der Waals surface area contributed by atoms with Gasteiger partial charge in [-0.25, -0.2) is 4.98 Å². The van der Waals surface area contributed by atoms with Gasteiger partial charge in [-0.05, 0) is 30.7 Å². The second-order valence-corrected chi connectivity index (χ2v) is 5.67. The minimum Gasteiger partial charge on any atom is -0.333 e. The van der Waals surface area contributed by atoms with E-state index in [0.717, 1.165) is 27.4 Å². The third-order valence-corrected chi connectivity index (χ3v) is 4.00. The first-order chi connectivity index (χ1) is 10.2. The van der Waals surface area contributed by atoms with Crippen molar-refractivity contribution in [1.82, 2.24) is 9.97 Å². The van der Waals surface area contributed by atoms with Crippen molar-refractivity contribution in [3.05, 3.63) is 54.1 Å². The number of rotatable bonds is 4. The van der Waals surface area contributed by atoms with Gasteiger partial charge in [0.15, 0.2) is 5.16 Å². The van der Waals surface area contributed by atoms with Crippen LogP contribution in [-0.4, -0.2) is 21.6 Å². The van der Waals surface area contributed by atoms with E-state index in [4.69, 9.17) is 0 Å². The maximum absolute atomic E-state index is 12.0. The summed E-state index contributed by atoms with van der Waals surface area (Å²) in [6.07, 6.45) is 0. The predicted molar refractivity (Wildman–Crippen MR) is 86.6 cm³/mol. The highest BCUT2D eigenvalue weighted by Crippen LogP contribution is 2.20. The van der Waals surface area contributed by atoms with Gasteiger partial charge in [0.2, 0.25) is 5.91 Å². The molecule has 0 aliphatic heterocycles.